The number of rotatable bonds is 3. The van der Waals surface area contributed by atoms with Gasteiger partial charge in [-0.1, -0.05) is 47.7 Å². The van der Waals surface area contributed by atoms with Crippen LogP contribution in [0.4, 0.5) is 5.13 Å². The van der Waals surface area contributed by atoms with Crippen molar-refractivity contribution >= 4 is 44.1 Å². The van der Waals surface area contributed by atoms with Crippen LogP contribution in [0.25, 0.3) is 16.0 Å². The molecule has 4 aromatic rings. The Balaban J connectivity index is 1.54. The zero-order chi connectivity index (χ0) is 25.1. The fraction of sp³-hybridized carbons (Fsp3) is 0.207. The van der Waals surface area contributed by atoms with Crippen molar-refractivity contribution in [2.45, 2.75) is 39.3 Å². The van der Waals surface area contributed by atoms with E-state index in [1.165, 1.54) is 16.2 Å². The number of Topliss-reactive ketones (excluding diaryl/α,β-unsaturated/α-hetero) is 1. The molecule has 7 heteroatoms. The molecule has 36 heavy (non-hydrogen) atoms. The summed E-state index contributed by atoms with van der Waals surface area (Å²) >= 11 is 1.37. The number of thiazole rings is 1. The lowest BCUT2D eigenvalue weighted by Crippen LogP contribution is -2.29. The van der Waals surface area contributed by atoms with Gasteiger partial charge >= 0.3 is 5.91 Å². The molecule has 0 radical (unpaired) electrons. The SMILES string of the molecule is Cc1cc(C)c2nc(N3C(=O)C(=O)C(=C(O)c4ccc5c(c4)C[C@H](C)O5)[C@@H]3c3ccccc3)sc2c1. The van der Waals surface area contributed by atoms with Gasteiger partial charge in [0.2, 0.25) is 0 Å². The van der Waals surface area contributed by atoms with Crippen molar-refractivity contribution in [1.82, 2.24) is 4.98 Å². The van der Waals surface area contributed by atoms with Crippen LogP contribution in [-0.4, -0.2) is 27.9 Å². The highest BCUT2D eigenvalue weighted by Gasteiger charge is 2.48. The second kappa shape index (κ2) is 8.31. The first-order valence-corrected chi connectivity index (χ1v) is 12.7. The van der Waals surface area contributed by atoms with Gasteiger partial charge in [-0.25, -0.2) is 4.98 Å². The minimum absolute atomic E-state index is 0.0541. The molecule has 1 aromatic heterocycles. The molecule has 0 unspecified atom stereocenters. The number of amides is 1. The van der Waals surface area contributed by atoms with Crippen LogP contribution < -0.4 is 9.64 Å². The number of aliphatic hydroxyl groups excluding tert-OH is 1. The van der Waals surface area contributed by atoms with Crippen molar-refractivity contribution < 1.29 is 19.4 Å². The van der Waals surface area contributed by atoms with Gasteiger partial charge in [0.05, 0.1) is 21.8 Å². The number of aromatic nitrogens is 1. The number of aryl methyl sites for hydroxylation is 2. The number of benzene rings is 3. The molecular formula is C29H24N2O4S. The van der Waals surface area contributed by atoms with Crippen molar-refractivity contribution in [1.29, 1.82) is 0 Å². The molecule has 1 saturated heterocycles. The fourth-order valence-corrected chi connectivity index (χ4v) is 6.34. The van der Waals surface area contributed by atoms with E-state index in [-0.39, 0.29) is 17.4 Å². The monoisotopic (exact) mass is 496 g/mol. The van der Waals surface area contributed by atoms with E-state index >= 15 is 0 Å². The molecule has 2 atom stereocenters. The summed E-state index contributed by atoms with van der Waals surface area (Å²) in [5.74, 6) is -0.838. The lowest BCUT2D eigenvalue weighted by molar-refractivity contribution is -0.132. The summed E-state index contributed by atoms with van der Waals surface area (Å²) in [4.78, 5) is 33.1. The van der Waals surface area contributed by atoms with Crippen molar-refractivity contribution in [3.63, 3.8) is 0 Å². The second-order valence-electron chi connectivity index (χ2n) is 9.46. The van der Waals surface area contributed by atoms with Crippen molar-refractivity contribution in [3.8, 4) is 5.75 Å². The quantitative estimate of drug-likeness (QED) is 0.218. The molecule has 6 nitrogen and oxygen atoms in total. The molecule has 0 bridgehead atoms. The molecule has 3 heterocycles. The van der Waals surface area contributed by atoms with E-state index in [4.69, 9.17) is 9.72 Å². The van der Waals surface area contributed by atoms with Gasteiger partial charge in [-0.05, 0) is 67.3 Å². The predicted molar refractivity (Wildman–Crippen MR) is 141 cm³/mol. The van der Waals surface area contributed by atoms with Crippen LogP contribution in [0.5, 0.6) is 5.75 Å². The number of carbonyl (C=O) groups excluding carboxylic acids is 2. The van der Waals surface area contributed by atoms with Crippen LogP contribution in [0, 0.1) is 13.8 Å². The molecule has 2 aliphatic heterocycles. The molecule has 1 N–H and O–H groups in total. The summed E-state index contributed by atoms with van der Waals surface area (Å²) in [6.45, 7) is 5.99. The number of hydrogen-bond donors (Lipinski definition) is 1. The topological polar surface area (TPSA) is 79.7 Å². The van der Waals surface area contributed by atoms with Gasteiger partial charge in [-0.2, -0.15) is 0 Å². The number of hydrogen-bond acceptors (Lipinski definition) is 6. The van der Waals surface area contributed by atoms with Gasteiger partial charge in [0, 0.05) is 12.0 Å². The van der Waals surface area contributed by atoms with Gasteiger partial charge in [0.15, 0.2) is 5.13 Å². The Morgan fingerprint density at radius 1 is 1.08 bits per heavy atom. The third-order valence-electron chi connectivity index (χ3n) is 6.75. The summed E-state index contributed by atoms with van der Waals surface area (Å²) < 4.78 is 6.73. The van der Waals surface area contributed by atoms with E-state index in [1.54, 1.807) is 12.1 Å². The Bertz CT molecular complexity index is 1590. The first-order chi connectivity index (χ1) is 17.3. The molecule has 0 saturated carbocycles. The Labute approximate surface area is 212 Å². The molecular weight excluding hydrogens is 472 g/mol. The van der Waals surface area contributed by atoms with Crippen LogP contribution in [0.1, 0.15) is 40.8 Å². The highest BCUT2D eigenvalue weighted by Crippen LogP contribution is 2.45. The molecule has 0 spiro atoms. The van der Waals surface area contributed by atoms with Crippen LogP contribution in [0.15, 0.2) is 66.2 Å². The van der Waals surface area contributed by atoms with Crippen LogP contribution >= 0.6 is 11.3 Å². The molecule has 6 rings (SSSR count). The largest absolute Gasteiger partial charge is 0.507 e. The fourth-order valence-electron chi connectivity index (χ4n) is 5.17. The van der Waals surface area contributed by atoms with E-state index < -0.39 is 17.7 Å². The summed E-state index contributed by atoms with van der Waals surface area (Å²) in [5.41, 5.74) is 5.16. The average molecular weight is 497 g/mol. The van der Waals surface area contributed by atoms with Crippen molar-refractivity contribution in [2.75, 3.05) is 4.90 Å². The van der Waals surface area contributed by atoms with Crippen LogP contribution in [0.3, 0.4) is 0 Å². The van der Waals surface area contributed by atoms with Gasteiger partial charge in [0.25, 0.3) is 5.78 Å². The minimum Gasteiger partial charge on any atom is -0.507 e. The Hall–Kier alpha value is -3.97. The predicted octanol–water partition coefficient (Wildman–Crippen LogP) is 5.86. The Morgan fingerprint density at radius 2 is 1.86 bits per heavy atom. The Kier molecular flexibility index (Phi) is 5.19. The lowest BCUT2D eigenvalue weighted by Gasteiger charge is -2.23. The average Bonchev–Trinajstić information content (AvgIpc) is 3.52. The van der Waals surface area contributed by atoms with E-state index in [2.05, 4.69) is 0 Å². The smallest absolute Gasteiger partial charge is 0.301 e. The normalized spacial score (nSPS) is 20.7. The number of fused-ring (bicyclic) bond motifs is 2. The number of nitrogens with zero attached hydrogens (tertiary/aromatic N) is 2. The van der Waals surface area contributed by atoms with Gasteiger partial charge in [0.1, 0.15) is 17.6 Å². The van der Waals surface area contributed by atoms with E-state index in [0.717, 1.165) is 44.6 Å². The van der Waals surface area contributed by atoms with E-state index in [9.17, 15) is 14.7 Å². The molecule has 1 fully saturated rings. The third kappa shape index (κ3) is 3.50. The van der Waals surface area contributed by atoms with Crippen LogP contribution in [-0.2, 0) is 16.0 Å². The van der Waals surface area contributed by atoms with Crippen LogP contribution in [0.2, 0.25) is 0 Å². The molecule has 3 aromatic carbocycles. The van der Waals surface area contributed by atoms with E-state index in [1.807, 2.05) is 69.3 Å². The maximum Gasteiger partial charge on any atom is 0.301 e. The number of anilines is 1. The number of carbonyl (C=O) groups is 2. The first-order valence-electron chi connectivity index (χ1n) is 11.9. The molecule has 2 aliphatic rings. The van der Waals surface area contributed by atoms with Gasteiger partial charge in [-0.15, -0.1) is 0 Å². The maximum absolute atomic E-state index is 13.5. The summed E-state index contributed by atoms with van der Waals surface area (Å²) in [7, 11) is 0. The Morgan fingerprint density at radius 3 is 2.64 bits per heavy atom. The zero-order valence-electron chi connectivity index (χ0n) is 20.1. The lowest BCUT2D eigenvalue weighted by atomic mass is 9.94. The van der Waals surface area contributed by atoms with E-state index in [0.29, 0.717) is 10.7 Å². The zero-order valence-corrected chi connectivity index (χ0v) is 20.9. The minimum atomic E-state index is -0.795. The molecule has 180 valence electrons. The standard InChI is InChI=1S/C29H24N2O4S/c1-15-11-16(2)24-22(12-15)36-29(30-24)31-25(18-7-5-4-6-8-18)23(27(33)28(31)34)26(32)19-9-10-21-20(14-19)13-17(3)35-21/h4-12,14,17,25,32H,13H2,1-3H3/t17-,25-/m0/s1. The van der Waals surface area contributed by atoms with Gasteiger partial charge < -0.3 is 9.84 Å². The number of ketones is 1. The summed E-state index contributed by atoms with van der Waals surface area (Å²) in [5, 5.41) is 11.9. The highest BCUT2D eigenvalue weighted by atomic mass is 32.1. The first kappa shape index (κ1) is 22.5. The maximum atomic E-state index is 13.5. The van der Waals surface area contributed by atoms with Crippen molar-refractivity contribution in [3.05, 3.63) is 94.1 Å². The molecule has 1 amide bonds. The number of aliphatic hydroxyl groups is 1. The summed E-state index contributed by atoms with van der Waals surface area (Å²) in [6, 6.07) is 18.0. The molecule has 0 aliphatic carbocycles. The van der Waals surface area contributed by atoms with Crippen molar-refractivity contribution in [2.24, 2.45) is 0 Å². The second-order valence-corrected chi connectivity index (χ2v) is 10.5. The summed E-state index contributed by atoms with van der Waals surface area (Å²) in [6.07, 6.45) is 0.774. The third-order valence-corrected chi connectivity index (χ3v) is 7.76. The number of ether oxygens (including phenoxy) is 1. The highest BCUT2D eigenvalue weighted by molar-refractivity contribution is 7.22. The van der Waals surface area contributed by atoms with Gasteiger partial charge in [-0.3, -0.25) is 14.5 Å².